The molecular weight excluding hydrogens is 254 g/mol. The van der Waals surface area contributed by atoms with Crippen molar-refractivity contribution in [2.75, 3.05) is 6.54 Å². The van der Waals surface area contributed by atoms with E-state index in [1.165, 1.54) is 6.21 Å². The van der Waals surface area contributed by atoms with E-state index in [0.29, 0.717) is 11.6 Å². The van der Waals surface area contributed by atoms with Crippen molar-refractivity contribution < 1.29 is 9.59 Å². The van der Waals surface area contributed by atoms with Gasteiger partial charge < -0.3 is 5.32 Å². The highest BCUT2D eigenvalue weighted by molar-refractivity contribution is 6.35. The molecule has 0 aromatic heterocycles. The summed E-state index contributed by atoms with van der Waals surface area (Å²) in [6.45, 7) is 2.37. The van der Waals surface area contributed by atoms with Crippen LogP contribution in [0.15, 0.2) is 29.4 Å². The van der Waals surface area contributed by atoms with E-state index >= 15 is 0 Å². The summed E-state index contributed by atoms with van der Waals surface area (Å²) in [5.74, 6) is -1.47. The van der Waals surface area contributed by atoms with Crippen LogP contribution in [0.4, 0.5) is 0 Å². The second kappa shape index (κ2) is 7.45. The molecule has 1 aromatic rings. The van der Waals surface area contributed by atoms with Crippen LogP contribution in [0.5, 0.6) is 0 Å². The number of nitrogens with one attached hydrogen (secondary N) is 2. The first-order valence-corrected chi connectivity index (χ1v) is 5.88. The Morgan fingerprint density at radius 2 is 1.94 bits per heavy atom. The number of halogens is 1. The molecule has 0 radical (unpaired) electrons. The molecule has 0 fully saturated rings. The van der Waals surface area contributed by atoms with E-state index in [0.717, 1.165) is 12.0 Å². The molecule has 0 saturated heterocycles. The number of carbonyl (C=O) groups is 2. The minimum atomic E-state index is -0.784. The third kappa shape index (κ3) is 4.97. The average Bonchev–Trinajstić information content (AvgIpc) is 2.38. The van der Waals surface area contributed by atoms with Gasteiger partial charge in [0.1, 0.15) is 0 Å². The van der Waals surface area contributed by atoms with Gasteiger partial charge in [-0.25, -0.2) is 5.43 Å². The maximum absolute atomic E-state index is 11.2. The topological polar surface area (TPSA) is 70.6 Å². The number of hydrazone groups is 1. The smallest absolute Gasteiger partial charge is 0.329 e. The molecule has 2 N–H and O–H groups in total. The number of hydrogen-bond acceptors (Lipinski definition) is 3. The van der Waals surface area contributed by atoms with Gasteiger partial charge in [-0.1, -0.05) is 30.7 Å². The molecule has 1 rings (SSSR count). The van der Waals surface area contributed by atoms with Gasteiger partial charge in [0, 0.05) is 11.6 Å². The summed E-state index contributed by atoms with van der Waals surface area (Å²) >= 11 is 5.72. The van der Waals surface area contributed by atoms with Crippen LogP contribution in [-0.2, 0) is 9.59 Å². The molecule has 0 bridgehead atoms. The summed E-state index contributed by atoms with van der Waals surface area (Å²) in [6.07, 6.45) is 2.20. The zero-order valence-electron chi connectivity index (χ0n) is 9.94. The predicted octanol–water partition coefficient (Wildman–Crippen LogP) is 1.32. The molecule has 6 heteroatoms. The van der Waals surface area contributed by atoms with E-state index in [9.17, 15) is 9.59 Å². The van der Waals surface area contributed by atoms with Crippen molar-refractivity contribution in [1.82, 2.24) is 10.7 Å². The van der Waals surface area contributed by atoms with Gasteiger partial charge in [-0.15, -0.1) is 0 Å². The van der Waals surface area contributed by atoms with Crippen molar-refractivity contribution in [3.63, 3.8) is 0 Å². The molecule has 96 valence electrons. The molecule has 0 aliphatic rings. The fraction of sp³-hybridized carbons (Fsp3) is 0.250. The lowest BCUT2D eigenvalue weighted by molar-refractivity contribution is -0.139. The Kier molecular flexibility index (Phi) is 5.87. The van der Waals surface area contributed by atoms with Gasteiger partial charge in [0.15, 0.2) is 0 Å². The lowest BCUT2D eigenvalue weighted by Crippen LogP contribution is -2.38. The third-order valence-corrected chi connectivity index (χ3v) is 2.24. The van der Waals surface area contributed by atoms with E-state index in [1.54, 1.807) is 24.3 Å². The molecule has 18 heavy (non-hydrogen) atoms. The van der Waals surface area contributed by atoms with Crippen molar-refractivity contribution in [1.29, 1.82) is 0 Å². The molecule has 0 saturated carbocycles. The van der Waals surface area contributed by atoms with E-state index in [2.05, 4.69) is 15.8 Å². The number of amides is 2. The van der Waals surface area contributed by atoms with Crippen LogP contribution in [0.25, 0.3) is 0 Å². The van der Waals surface area contributed by atoms with Gasteiger partial charge in [0.2, 0.25) is 0 Å². The van der Waals surface area contributed by atoms with Crippen LogP contribution in [-0.4, -0.2) is 24.6 Å². The summed E-state index contributed by atoms with van der Waals surface area (Å²) in [4.78, 5) is 22.4. The van der Waals surface area contributed by atoms with Gasteiger partial charge in [-0.3, -0.25) is 9.59 Å². The lowest BCUT2D eigenvalue weighted by atomic mass is 10.2. The van der Waals surface area contributed by atoms with E-state index in [1.807, 2.05) is 6.92 Å². The van der Waals surface area contributed by atoms with E-state index in [-0.39, 0.29) is 0 Å². The Morgan fingerprint density at radius 1 is 1.28 bits per heavy atom. The van der Waals surface area contributed by atoms with Crippen molar-refractivity contribution in [2.45, 2.75) is 13.3 Å². The fourth-order valence-corrected chi connectivity index (χ4v) is 1.21. The van der Waals surface area contributed by atoms with Crippen LogP contribution in [0, 0.1) is 0 Å². The Balaban J connectivity index is 2.42. The minimum absolute atomic E-state index is 0.465. The second-order valence-corrected chi connectivity index (χ2v) is 3.94. The number of hydrogen-bond donors (Lipinski definition) is 2. The van der Waals surface area contributed by atoms with Crippen LogP contribution in [0.2, 0.25) is 5.02 Å². The fourth-order valence-electron chi connectivity index (χ4n) is 1.08. The number of benzene rings is 1. The molecule has 1 aromatic carbocycles. The van der Waals surface area contributed by atoms with Crippen LogP contribution in [0.3, 0.4) is 0 Å². The van der Waals surface area contributed by atoms with Gasteiger partial charge in [-0.05, 0) is 24.1 Å². The van der Waals surface area contributed by atoms with Crippen LogP contribution < -0.4 is 10.7 Å². The third-order valence-electron chi connectivity index (χ3n) is 1.99. The molecular formula is C12H14ClN3O2. The highest BCUT2D eigenvalue weighted by Crippen LogP contribution is 2.07. The normalized spacial score (nSPS) is 10.3. The maximum Gasteiger partial charge on any atom is 0.329 e. The molecule has 0 spiro atoms. The van der Waals surface area contributed by atoms with Crippen molar-refractivity contribution >= 4 is 29.6 Å². The van der Waals surface area contributed by atoms with Gasteiger partial charge in [-0.2, -0.15) is 5.10 Å². The van der Waals surface area contributed by atoms with Crippen LogP contribution >= 0.6 is 11.6 Å². The standard InChI is InChI=1S/C12H14ClN3O2/c1-2-7-14-11(17)12(18)16-15-8-9-3-5-10(13)6-4-9/h3-6,8H,2,7H2,1H3,(H,14,17)(H,16,18)/b15-8+. The average molecular weight is 268 g/mol. The quantitative estimate of drug-likeness (QED) is 0.491. The molecule has 5 nitrogen and oxygen atoms in total. The molecule has 0 aliphatic carbocycles. The maximum atomic E-state index is 11.2. The summed E-state index contributed by atoms with van der Waals surface area (Å²) in [5, 5.41) is 6.74. The van der Waals surface area contributed by atoms with Gasteiger partial charge >= 0.3 is 11.8 Å². The van der Waals surface area contributed by atoms with Gasteiger partial charge in [0.25, 0.3) is 0 Å². The van der Waals surface area contributed by atoms with E-state index < -0.39 is 11.8 Å². The van der Waals surface area contributed by atoms with Crippen molar-refractivity contribution in [2.24, 2.45) is 5.10 Å². The van der Waals surface area contributed by atoms with Crippen molar-refractivity contribution in [3.05, 3.63) is 34.9 Å². The van der Waals surface area contributed by atoms with Gasteiger partial charge in [0.05, 0.1) is 6.21 Å². The highest BCUT2D eigenvalue weighted by atomic mass is 35.5. The first-order chi connectivity index (χ1) is 8.63. The Morgan fingerprint density at radius 3 is 2.56 bits per heavy atom. The molecule has 0 unspecified atom stereocenters. The zero-order chi connectivity index (χ0) is 13.4. The molecule has 0 heterocycles. The Hall–Kier alpha value is -1.88. The molecule has 0 atom stereocenters. The summed E-state index contributed by atoms with van der Waals surface area (Å²) < 4.78 is 0. The minimum Gasteiger partial charge on any atom is -0.348 e. The number of carbonyl (C=O) groups excluding carboxylic acids is 2. The monoisotopic (exact) mass is 267 g/mol. The Bertz CT molecular complexity index is 443. The predicted molar refractivity (Wildman–Crippen MR) is 70.5 cm³/mol. The Labute approximate surface area is 110 Å². The largest absolute Gasteiger partial charge is 0.348 e. The first-order valence-electron chi connectivity index (χ1n) is 5.50. The van der Waals surface area contributed by atoms with Crippen molar-refractivity contribution in [3.8, 4) is 0 Å². The first kappa shape index (κ1) is 14.2. The van der Waals surface area contributed by atoms with E-state index in [4.69, 9.17) is 11.6 Å². The number of nitrogens with zero attached hydrogens (tertiary/aromatic N) is 1. The lowest BCUT2D eigenvalue weighted by Gasteiger charge is -2.00. The molecule has 2 amide bonds. The second-order valence-electron chi connectivity index (χ2n) is 3.51. The SMILES string of the molecule is CCCNC(=O)C(=O)N/N=C/c1ccc(Cl)cc1. The van der Waals surface area contributed by atoms with Crippen LogP contribution in [0.1, 0.15) is 18.9 Å². The summed E-state index contributed by atoms with van der Waals surface area (Å²) in [6, 6.07) is 6.90. The number of rotatable bonds is 4. The highest BCUT2D eigenvalue weighted by Gasteiger charge is 2.10. The zero-order valence-corrected chi connectivity index (χ0v) is 10.7. The summed E-state index contributed by atoms with van der Waals surface area (Å²) in [5.41, 5.74) is 2.91. The summed E-state index contributed by atoms with van der Waals surface area (Å²) in [7, 11) is 0. The molecule has 0 aliphatic heterocycles.